The third kappa shape index (κ3) is 1.11. The highest BCUT2D eigenvalue weighted by atomic mass is 16.6. The van der Waals surface area contributed by atoms with Crippen LogP contribution in [0.2, 0.25) is 0 Å². The zero-order valence-electron chi connectivity index (χ0n) is 6.95. The van der Waals surface area contributed by atoms with Crippen molar-refractivity contribution in [3.8, 4) is 0 Å². The van der Waals surface area contributed by atoms with E-state index >= 15 is 0 Å². The topological polar surface area (TPSA) is 115 Å². The lowest BCUT2D eigenvalue weighted by atomic mass is 9.95. The fourth-order valence-corrected chi connectivity index (χ4v) is 1.45. The Morgan fingerprint density at radius 3 is 3.07 bits per heavy atom. The first-order valence-electron chi connectivity index (χ1n) is 3.91. The summed E-state index contributed by atoms with van der Waals surface area (Å²) in [6, 6.07) is -0.915. The van der Waals surface area contributed by atoms with E-state index in [0.717, 1.165) is 0 Å². The van der Waals surface area contributed by atoms with Crippen molar-refractivity contribution in [2.75, 3.05) is 0 Å². The zero-order valence-corrected chi connectivity index (χ0v) is 6.95. The molecule has 0 saturated carbocycles. The molecule has 0 unspecified atom stereocenters. The lowest BCUT2D eigenvalue weighted by Crippen LogP contribution is -2.21. The van der Waals surface area contributed by atoms with Gasteiger partial charge < -0.3 is 5.21 Å². The fraction of sp³-hybridized carbons (Fsp3) is 0.500. The monoisotopic (exact) mass is 198 g/mol. The molecule has 1 aromatic rings. The maximum atomic E-state index is 10.6. The molecule has 0 amide bonds. The van der Waals surface area contributed by atoms with Crippen LogP contribution in [0.15, 0.2) is 9.78 Å². The summed E-state index contributed by atoms with van der Waals surface area (Å²) >= 11 is 0. The van der Waals surface area contributed by atoms with Gasteiger partial charge in [-0.3, -0.25) is 10.1 Å². The van der Waals surface area contributed by atoms with Gasteiger partial charge in [-0.1, -0.05) is 5.16 Å². The molecule has 74 valence electrons. The van der Waals surface area contributed by atoms with E-state index < -0.39 is 11.0 Å². The number of hydrogen-bond donors (Lipinski definition) is 1. The predicted molar refractivity (Wildman–Crippen MR) is 41.6 cm³/mol. The van der Waals surface area contributed by atoms with Crippen LogP contribution in [0.4, 0.5) is 0 Å². The summed E-state index contributed by atoms with van der Waals surface area (Å²) in [6.45, 7) is 0. The van der Waals surface area contributed by atoms with Crippen LogP contribution in [0.3, 0.4) is 0 Å². The Bertz CT molecular complexity index is 398. The van der Waals surface area contributed by atoms with Crippen molar-refractivity contribution < 1.29 is 14.8 Å². The van der Waals surface area contributed by atoms with Crippen molar-refractivity contribution in [2.24, 2.45) is 5.16 Å². The van der Waals surface area contributed by atoms with Gasteiger partial charge in [-0.05, 0) is 10.3 Å². The van der Waals surface area contributed by atoms with Crippen molar-refractivity contribution in [3.05, 3.63) is 21.5 Å². The van der Waals surface area contributed by atoms with Gasteiger partial charge in [-0.25, -0.2) is 4.63 Å². The SMILES string of the molecule is O=[N+]([O-])[C@@H]1CC/C(=N/O)c2nonc21. The number of rotatable bonds is 1. The molecule has 0 bridgehead atoms. The predicted octanol–water partition coefficient (Wildman–Crippen LogP) is 0.359. The van der Waals surface area contributed by atoms with Crippen molar-refractivity contribution in [1.82, 2.24) is 10.3 Å². The van der Waals surface area contributed by atoms with Gasteiger partial charge >= 0.3 is 0 Å². The highest BCUT2D eigenvalue weighted by Gasteiger charge is 2.37. The molecule has 0 aromatic carbocycles. The van der Waals surface area contributed by atoms with Crippen LogP contribution >= 0.6 is 0 Å². The second-order valence-electron chi connectivity index (χ2n) is 2.88. The molecule has 0 fully saturated rings. The third-order valence-electron chi connectivity index (χ3n) is 2.13. The summed E-state index contributed by atoms with van der Waals surface area (Å²) in [6.07, 6.45) is 0.539. The van der Waals surface area contributed by atoms with E-state index in [1.54, 1.807) is 0 Å². The van der Waals surface area contributed by atoms with Gasteiger partial charge in [0.1, 0.15) is 5.71 Å². The van der Waals surface area contributed by atoms with Crippen LogP contribution in [0.25, 0.3) is 0 Å². The third-order valence-corrected chi connectivity index (χ3v) is 2.13. The van der Waals surface area contributed by atoms with E-state index in [-0.39, 0.29) is 23.5 Å². The second kappa shape index (κ2) is 3.05. The Morgan fingerprint density at radius 2 is 2.43 bits per heavy atom. The lowest BCUT2D eigenvalue weighted by molar-refractivity contribution is -0.531. The minimum absolute atomic E-state index is 0.133. The first-order valence-corrected chi connectivity index (χ1v) is 3.91. The molecular formula is C6H6N4O4. The first-order chi connectivity index (χ1) is 6.74. The van der Waals surface area contributed by atoms with Crippen LogP contribution in [0.1, 0.15) is 30.3 Å². The standard InChI is InChI=1S/C6H6N4O4/c11-7-3-1-2-4(10(12)13)6-5(3)8-14-9-6/h4,11H,1-2H2/b7-3-/t4-/m1/s1. The minimum Gasteiger partial charge on any atom is -0.411 e. The molecule has 1 aliphatic rings. The number of fused-ring (bicyclic) bond motifs is 1. The molecule has 1 heterocycles. The van der Waals surface area contributed by atoms with E-state index in [2.05, 4.69) is 20.1 Å². The summed E-state index contributed by atoms with van der Waals surface area (Å²) < 4.78 is 4.38. The average Bonchev–Trinajstić information content (AvgIpc) is 2.64. The van der Waals surface area contributed by atoms with Crippen LogP contribution in [-0.2, 0) is 0 Å². The van der Waals surface area contributed by atoms with E-state index in [9.17, 15) is 10.1 Å². The van der Waals surface area contributed by atoms with E-state index in [4.69, 9.17) is 5.21 Å². The molecule has 14 heavy (non-hydrogen) atoms. The highest BCUT2D eigenvalue weighted by molar-refractivity contribution is 6.00. The van der Waals surface area contributed by atoms with Gasteiger partial charge in [0.25, 0.3) is 6.04 Å². The number of nitro groups is 1. The van der Waals surface area contributed by atoms with Crippen LogP contribution in [-0.4, -0.2) is 26.2 Å². The number of nitrogens with zero attached hydrogens (tertiary/aromatic N) is 4. The molecule has 1 aliphatic carbocycles. The smallest absolute Gasteiger partial charge is 0.260 e. The maximum Gasteiger partial charge on any atom is 0.260 e. The highest BCUT2D eigenvalue weighted by Crippen LogP contribution is 2.29. The fourth-order valence-electron chi connectivity index (χ4n) is 1.45. The molecule has 0 radical (unpaired) electrons. The van der Waals surface area contributed by atoms with Gasteiger partial charge in [0, 0.05) is 17.8 Å². The van der Waals surface area contributed by atoms with Crippen molar-refractivity contribution in [3.63, 3.8) is 0 Å². The Morgan fingerprint density at radius 1 is 1.64 bits per heavy atom. The van der Waals surface area contributed by atoms with E-state index in [1.165, 1.54) is 0 Å². The summed E-state index contributed by atoms with van der Waals surface area (Å²) in [4.78, 5) is 10.2. The van der Waals surface area contributed by atoms with Crippen molar-refractivity contribution >= 4 is 5.71 Å². The van der Waals surface area contributed by atoms with E-state index in [1.807, 2.05) is 0 Å². The molecule has 8 heteroatoms. The van der Waals surface area contributed by atoms with Crippen LogP contribution in [0, 0.1) is 10.1 Å². The number of hydrogen-bond acceptors (Lipinski definition) is 7. The van der Waals surface area contributed by atoms with Crippen molar-refractivity contribution in [1.29, 1.82) is 0 Å². The molecule has 1 atom stereocenters. The first kappa shape index (κ1) is 8.60. The minimum atomic E-state index is -0.915. The Labute approximate surface area is 77.3 Å². The largest absolute Gasteiger partial charge is 0.411 e. The van der Waals surface area contributed by atoms with Crippen LogP contribution < -0.4 is 0 Å². The second-order valence-corrected chi connectivity index (χ2v) is 2.88. The lowest BCUT2D eigenvalue weighted by Gasteiger charge is -2.12. The van der Waals surface area contributed by atoms with Gasteiger partial charge in [0.15, 0.2) is 11.4 Å². The Balaban J connectivity index is 2.47. The van der Waals surface area contributed by atoms with Crippen LogP contribution in [0.5, 0.6) is 0 Å². The number of oxime groups is 1. The molecule has 0 saturated heterocycles. The Kier molecular flexibility index (Phi) is 1.88. The summed E-state index contributed by atoms with van der Waals surface area (Å²) in [5.74, 6) is 0. The van der Waals surface area contributed by atoms with Gasteiger partial charge in [-0.15, -0.1) is 0 Å². The number of aromatic nitrogens is 2. The molecule has 0 spiro atoms. The van der Waals surface area contributed by atoms with E-state index in [0.29, 0.717) is 6.42 Å². The summed E-state index contributed by atoms with van der Waals surface area (Å²) in [5.41, 5.74) is 0.592. The Hall–Kier alpha value is -1.99. The normalized spacial score (nSPS) is 23.4. The molecule has 1 aromatic heterocycles. The quantitative estimate of drug-likeness (QED) is 0.395. The van der Waals surface area contributed by atoms with Gasteiger partial charge in [0.2, 0.25) is 0 Å². The molecule has 2 rings (SSSR count). The molecule has 0 aliphatic heterocycles. The van der Waals surface area contributed by atoms with Gasteiger partial charge in [-0.2, -0.15) is 0 Å². The van der Waals surface area contributed by atoms with Crippen molar-refractivity contribution in [2.45, 2.75) is 18.9 Å². The summed E-state index contributed by atoms with van der Waals surface area (Å²) in [7, 11) is 0. The maximum absolute atomic E-state index is 10.6. The average molecular weight is 198 g/mol. The molecular weight excluding hydrogens is 192 g/mol. The molecule has 1 N–H and O–H groups in total. The summed E-state index contributed by atoms with van der Waals surface area (Å²) in [5, 5.41) is 29.1. The molecule has 8 nitrogen and oxygen atoms in total. The van der Waals surface area contributed by atoms with Gasteiger partial charge in [0.05, 0.1) is 0 Å². The zero-order chi connectivity index (χ0) is 10.1.